The lowest BCUT2D eigenvalue weighted by atomic mass is 10.1. The number of ether oxygens (including phenoxy) is 1. The minimum atomic E-state index is 0.0936. The highest BCUT2D eigenvalue weighted by Crippen LogP contribution is 2.27. The van der Waals surface area contributed by atoms with Crippen molar-refractivity contribution in [3.8, 4) is 5.75 Å². The number of amides is 1. The highest BCUT2D eigenvalue weighted by molar-refractivity contribution is 5.98. The van der Waals surface area contributed by atoms with Crippen LogP contribution in [0.4, 0.5) is 11.4 Å². The summed E-state index contributed by atoms with van der Waals surface area (Å²) in [5, 5.41) is 3.22. The maximum Gasteiger partial charge on any atom is 0.246 e. The maximum atomic E-state index is 12.5. The standard InChI is InChI=1S/C21H26N2O2/c1-16(2)11-13-25-19-8-5-7-18(14-19)22-15-21(24)23-12-10-17-6-3-4-9-20(17)23/h3-9,14,16,22H,10-13,15H2,1-2H3. The average Bonchev–Trinajstić information content (AvgIpc) is 3.04. The first-order valence-corrected chi connectivity index (χ1v) is 8.98. The first kappa shape index (κ1) is 17.3. The van der Waals surface area contributed by atoms with Gasteiger partial charge in [0.2, 0.25) is 5.91 Å². The van der Waals surface area contributed by atoms with Crippen molar-refractivity contribution in [1.29, 1.82) is 0 Å². The molecule has 2 aromatic carbocycles. The molecule has 1 amide bonds. The van der Waals surface area contributed by atoms with Gasteiger partial charge in [-0.1, -0.05) is 38.1 Å². The van der Waals surface area contributed by atoms with E-state index in [4.69, 9.17) is 4.74 Å². The number of nitrogens with one attached hydrogen (secondary N) is 1. The smallest absolute Gasteiger partial charge is 0.246 e. The summed E-state index contributed by atoms with van der Waals surface area (Å²) in [6.45, 7) is 6.12. The highest BCUT2D eigenvalue weighted by atomic mass is 16.5. The molecular formula is C21H26N2O2. The van der Waals surface area contributed by atoms with Crippen LogP contribution in [0.25, 0.3) is 0 Å². The van der Waals surface area contributed by atoms with Crippen LogP contribution >= 0.6 is 0 Å². The zero-order valence-corrected chi connectivity index (χ0v) is 15.0. The normalized spacial score (nSPS) is 13.0. The van der Waals surface area contributed by atoms with Gasteiger partial charge in [0.25, 0.3) is 0 Å². The molecule has 1 aliphatic rings. The van der Waals surface area contributed by atoms with Gasteiger partial charge in [0.1, 0.15) is 5.75 Å². The molecule has 0 bridgehead atoms. The minimum absolute atomic E-state index is 0.0936. The molecule has 1 heterocycles. The molecule has 0 radical (unpaired) electrons. The molecule has 0 aromatic heterocycles. The van der Waals surface area contributed by atoms with Crippen LogP contribution in [-0.2, 0) is 11.2 Å². The summed E-state index contributed by atoms with van der Waals surface area (Å²) in [7, 11) is 0. The van der Waals surface area contributed by atoms with Crippen LogP contribution < -0.4 is 15.0 Å². The van der Waals surface area contributed by atoms with Gasteiger partial charge < -0.3 is 15.0 Å². The number of carbonyl (C=O) groups excluding carboxylic acids is 1. The Morgan fingerprint density at radius 2 is 2.04 bits per heavy atom. The number of para-hydroxylation sites is 1. The van der Waals surface area contributed by atoms with E-state index >= 15 is 0 Å². The fraction of sp³-hybridized carbons (Fsp3) is 0.381. The quantitative estimate of drug-likeness (QED) is 0.826. The fourth-order valence-corrected chi connectivity index (χ4v) is 2.98. The zero-order valence-electron chi connectivity index (χ0n) is 15.0. The lowest BCUT2D eigenvalue weighted by molar-refractivity contribution is -0.116. The predicted molar refractivity (Wildman–Crippen MR) is 102 cm³/mol. The van der Waals surface area contributed by atoms with Crippen LogP contribution in [0.5, 0.6) is 5.75 Å². The van der Waals surface area contributed by atoms with Crippen molar-refractivity contribution in [3.05, 3.63) is 54.1 Å². The van der Waals surface area contributed by atoms with Crippen molar-refractivity contribution in [3.63, 3.8) is 0 Å². The molecule has 0 atom stereocenters. The van der Waals surface area contributed by atoms with Gasteiger partial charge in [0.05, 0.1) is 13.2 Å². The number of hydrogen-bond acceptors (Lipinski definition) is 3. The van der Waals surface area contributed by atoms with Gasteiger partial charge in [-0.05, 0) is 42.5 Å². The van der Waals surface area contributed by atoms with Crippen molar-refractivity contribution < 1.29 is 9.53 Å². The number of fused-ring (bicyclic) bond motifs is 1. The summed E-state index contributed by atoms with van der Waals surface area (Å²) >= 11 is 0. The molecule has 0 fully saturated rings. The van der Waals surface area contributed by atoms with Crippen LogP contribution in [0.1, 0.15) is 25.8 Å². The molecular weight excluding hydrogens is 312 g/mol. The first-order valence-electron chi connectivity index (χ1n) is 8.98. The molecule has 132 valence electrons. The number of benzene rings is 2. The van der Waals surface area contributed by atoms with Gasteiger partial charge in [-0.3, -0.25) is 4.79 Å². The Labute approximate surface area is 149 Å². The van der Waals surface area contributed by atoms with Gasteiger partial charge >= 0.3 is 0 Å². The maximum absolute atomic E-state index is 12.5. The van der Waals surface area contributed by atoms with Crippen molar-refractivity contribution in [2.75, 3.05) is 29.9 Å². The molecule has 3 rings (SSSR count). The second-order valence-electron chi connectivity index (χ2n) is 6.84. The largest absolute Gasteiger partial charge is 0.494 e. The Bertz CT molecular complexity index is 727. The topological polar surface area (TPSA) is 41.6 Å². The number of hydrogen-bond donors (Lipinski definition) is 1. The van der Waals surface area contributed by atoms with Gasteiger partial charge in [0, 0.05) is 24.0 Å². The summed E-state index contributed by atoms with van der Waals surface area (Å²) in [6, 6.07) is 15.9. The van der Waals surface area contributed by atoms with Crippen LogP contribution in [0, 0.1) is 5.92 Å². The molecule has 0 saturated heterocycles. The Hall–Kier alpha value is -2.49. The third-order valence-electron chi connectivity index (χ3n) is 4.43. The van der Waals surface area contributed by atoms with E-state index in [2.05, 4.69) is 25.2 Å². The van der Waals surface area contributed by atoms with E-state index in [0.717, 1.165) is 36.5 Å². The summed E-state index contributed by atoms with van der Waals surface area (Å²) < 4.78 is 5.78. The predicted octanol–water partition coefficient (Wildman–Crippen LogP) is 4.11. The molecule has 2 aromatic rings. The number of nitrogens with zero attached hydrogens (tertiary/aromatic N) is 1. The third-order valence-corrected chi connectivity index (χ3v) is 4.43. The average molecular weight is 338 g/mol. The number of carbonyl (C=O) groups is 1. The van der Waals surface area contributed by atoms with E-state index in [0.29, 0.717) is 12.5 Å². The molecule has 4 nitrogen and oxygen atoms in total. The van der Waals surface area contributed by atoms with Gasteiger partial charge in [0.15, 0.2) is 0 Å². The van der Waals surface area contributed by atoms with E-state index in [-0.39, 0.29) is 12.5 Å². The van der Waals surface area contributed by atoms with Crippen LogP contribution in [0.2, 0.25) is 0 Å². The molecule has 0 unspecified atom stereocenters. The highest BCUT2D eigenvalue weighted by Gasteiger charge is 2.23. The van der Waals surface area contributed by atoms with Crippen molar-refractivity contribution in [2.24, 2.45) is 5.92 Å². The molecule has 1 N–H and O–H groups in total. The van der Waals surface area contributed by atoms with Crippen molar-refractivity contribution >= 4 is 17.3 Å². The number of rotatable bonds is 7. The van der Waals surface area contributed by atoms with E-state index in [9.17, 15) is 4.79 Å². The Morgan fingerprint density at radius 3 is 2.88 bits per heavy atom. The second kappa shape index (κ2) is 8.06. The van der Waals surface area contributed by atoms with Crippen molar-refractivity contribution in [2.45, 2.75) is 26.7 Å². The molecule has 0 aliphatic carbocycles. The molecule has 0 spiro atoms. The van der Waals surface area contributed by atoms with E-state index in [1.54, 1.807) is 0 Å². The van der Waals surface area contributed by atoms with Gasteiger partial charge in [-0.25, -0.2) is 0 Å². The fourth-order valence-electron chi connectivity index (χ4n) is 2.98. The van der Waals surface area contributed by atoms with E-state index < -0.39 is 0 Å². The summed E-state index contributed by atoms with van der Waals surface area (Å²) in [5.41, 5.74) is 3.19. The monoisotopic (exact) mass is 338 g/mol. The SMILES string of the molecule is CC(C)CCOc1cccc(NCC(=O)N2CCc3ccccc32)c1. The van der Waals surface area contributed by atoms with E-state index in [1.807, 2.05) is 47.4 Å². The second-order valence-corrected chi connectivity index (χ2v) is 6.84. The first-order chi connectivity index (χ1) is 12.1. The van der Waals surface area contributed by atoms with Crippen LogP contribution in [0.3, 0.4) is 0 Å². The lowest BCUT2D eigenvalue weighted by Gasteiger charge is -2.18. The zero-order chi connectivity index (χ0) is 17.6. The van der Waals surface area contributed by atoms with Crippen LogP contribution in [0.15, 0.2) is 48.5 Å². The van der Waals surface area contributed by atoms with Crippen molar-refractivity contribution in [1.82, 2.24) is 0 Å². The molecule has 4 heteroatoms. The van der Waals surface area contributed by atoms with Crippen LogP contribution in [-0.4, -0.2) is 25.6 Å². The third kappa shape index (κ3) is 4.53. The summed E-state index contributed by atoms with van der Waals surface area (Å²) in [4.78, 5) is 14.4. The van der Waals surface area contributed by atoms with E-state index in [1.165, 1.54) is 5.56 Å². The van der Waals surface area contributed by atoms with Gasteiger partial charge in [-0.15, -0.1) is 0 Å². The number of anilines is 2. The minimum Gasteiger partial charge on any atom is -0.494 e. The molecule has 1 aliphatic heterocycles. The summed E-state index contributed by atoms with van der Waals surface area (Å²) in [5.74, 6) is 1.56. The Balaban J connectivity index is 1.54. The summed E-state index contributed by atoms with van der Waals surface area (Å²) in [6.07, 6.45) is 1.96. The lowest BCUT2D eigenvalue weighted by Crippen LogP contribution is -2.34. The van der Waals surface area contributed by atoms with Gasteiger partial charge in [-0.2, -0.15) is 0 Å². The molecule has 0 saturated carbocycles. The molecule has 25 heavy (non-hydrogen) atoms. The Morgan fingerprint density at radius 1 is 1.20 bits per heavy atom. The Kier molecular flexibility index (Phi) is 5.59.